The molecule has 0 spiro atoms. The Balaban J connectivity index is 2.06. The molecule has 0 aromatic heterocycles. The van der Waals surface area contributed by atoms with E-state index in [4.69, 9.17) is 9.47 Å². The van der Waals surface area contributed by atoms with Crippen molar-refractivity contribution in [2.45, 2.75) is 32.5 Å². The fourth-order valence-electron chi connectivity index (χ4n) is 2.51. The monoisotopic (exact) mass is 293 g/mol. The number of carbonyl (C=O) groups excluding carboxylic acids is 1. The van der Waals surface area contributed by atoms with Gasteiger partial charge in [0.1, 0.15) is 11.9 Å². The number of amides is 1. The summed E-state index contributed by atoms with van der Waals surface area (Å²) in [6.45, 7) is 5.14. The van der Waals surface area contributed by atoms with Crippen LogP contribution >= 0.6 is 0 Å². The molecule has 1 saturated heterocycles. The van der Waals surface area contributed by atoms with Crippen LogP contribution in [0.1, 0.15) is 18.1 Å². The minimum atomic E-state index is -0.575. The molecule has 1 amide bonds. The summed E-state index contributed by atoms with van der Waals surface area (Å²) in [4.78, 5) is 14.2. The number of rotatable bonds is 4. The van der Waals surface area contributed by atoms with Crippen LogP contribution in [0.5, 0.6) is 5.75 Å². The Hall–Kier alpha value is -1.59. The summed E-state index contributed by atoms with van der Waals surface area (Å²) in [6.07, 6.45) is -0.576. The molecule has 1 aromatic carbocycles. The number of hydrogen-bond donors (Lipinski definition) is 1. The van der Waals surface area contributed by atoms with Gasteiger partial charge < -0.3 is 19.5 Å². The van der Waals surface area contributed by atoms with Gasteiger partial charge in [0.05, 0.1) is 26.2 Å². The van der Waals surface area contributed by atoms with Gasteiger partial charge in [0.15, 0.2) is 0 Å². The molecule has 1 heterocycles. The zero-order valence-corrected chi connectivity index (χ0v) is 12.8. The number of morpholine rings is 1. The average molecular weight is 293 g/mol. The summed E-state index contributed by atoms with van der Waals surface area (Å²) in [5, 5.41) is 9.60. The number of hydrogen-bond acceptors (Lipinski definition) is 4. The van der Waals surface area contributed by atoms with Gasteiger partial charge in [0.25, 0.3) is 0 Å². The van der Waals surface area contributed by atoms with E-state index in [0.717, 1.165) is 16.9 Å². The first-order valence-corrected chi connectivity index (χ1v) is 7.22. The number of aryl methyl sites for hydroxylation is 1. The van der Waals surface area contributed by atoms with Crippen molar-refractivity contribution in [1.29, 1.82) is 0 Å². The molecule has 0 saturated carbocycles. The average Bonchev–Trinajstić information content (AvgIpc) is 2.47. The van der Waals surface area contributed by atoms with Gasteiger partial charge in [-0.15, -0.1) is 0 Å². The molecule has 116 valence electrons. The fourth-order valence-corrected chi connectivity index (χ4v) is 2.51. The number of aliphatic hydroxyl groups excluding tert-OH is 1. The highest BCUT2D eigenvalue weighted by molar-refractivity contribution is 5.79. The lowest BCUT2D eigenvalue weighted by Gasteiger charge is -2.34. The van der Waals surface area contributed by atoms with Crippen LogP contribution in [0.3, 0.4) is 0 Å². The van der Waals surface area contributed by atoms with E-state index in [1.807, 2.05) is 25.1 Å². The fraction of sp³-hybridized carbons (Fsp3) is 0.562. The molecule has 1 aromatic rings. The second-order valence-electron chi connectivity index (χ2n) is 5.48. The lowest BCUT2D eigenvalue weighted by Crippen LogP contribution is -2.49. The maximum Gasteiger partial charge on any atom is 0.227 e. The van der Waals surface area contributed by atoms with Gasteiger partial charge in [-0.25, -0.2) is 0 Å². The smallest absolute Gasteiger partial charge is 0.227 e. The van der Waals surface area contributed by atoms with E-state index in [2.05, 4.69) is 0 Å². The number of nitrogens with zero attached hydrogens (tertiary/aromatic N) is 1. The molecule has 0 aliphatic carbocycles. The first-order chi connectivity index (χ1) is 10.0. The van der Waals surface area contributed by atoms with Gasteiger partial charge in [-0.2, -0.15) is 0 Å². The number of methoxy groups -OCH3 is 1. The van der Waals surface area contributed by atoms with E-state index in [1.54, 1.807) is 18.9 Å². The largest absolute Gasteiger partial charge is 0.496 e. The van der Waals surface area contributed by atoms with Gasteiger partial charge in [-0.1, -0.05) is 17.7 Å². The Morgan fingerprint density at radius 2 is 2.33 bits per heavy atom. The first kappa shape index (κ1) is 15.8. The van der Waals surface area contributed by atoms with Gasteiger partial charge in [-0.3, -0.25) is 4.79 Å². The Labute approximate surface area is 125 Å². The summed E-state index contributed by atoms with van der Waals surface area (Å²) in [5.74, 6) is 0.766. The summed E-state index contributed by atoms with van der Waals surface area (Å²) in [6, 6.07) is 5.82. The molecule has 1 aliphatic rings. The van der Waals surface area contributed by atoms with Crippen LogP contribution in [0.2, 0.25) is 0 Å². The van der Waals surface area contributed by atoms with E-state index in [1.165, 1.54) is 0 Å². The SMILES string of the molecule is COc1ccc(C)cc1CC(=O)N1CCOC(C(C)O)C1. The Bertz CT molecular complexity index is 501. The molecule has 5 nitrogen and oxygen atoms in total. The molecular formula is C16H23NO4. The topological polar surface area (TPSA) is 59.0 Å². The minimum absolute atomic E-state index is 0.0350. The van der Waals surface area contributed by atoms with Crippen molar-refractivity contribution in [3.05, 3.63) is 29.3 Å². The van der Waals surface area contributed by atoms with Crippen LogP contribution in [0.25, 0.3) is 0 Å². The van der Waals surface area contributed by atoms with Gasteiger partial charge in [0.2, 0.25) is 5.91 Å². The van der Waals surface area contributed by atoms with Crippen LogP contribution in [-0.4, -0.2) is 54.9 Å². The molecule has 21 heavy (non-hydrogen) atoms. The van der Waals surface area contributed by atoms with E-state index in [9.17, 15) is 9.90 Å². The second-order valence-corrected chi connectivity index (χ2v) is 5.48. The predicted molar refractivity (Wildman–Crippen MR) is 79.4 cm³/mol. The third-order valence-corrected chi connectivity index (χ3v) is 3.76. The maximum absolute atomic E-state index is 12.4. The maximum atomic E-state index is 12.4. The van der Waals surface area contributed by atoms with Crippen molar-refractivity contribution in [2.75, 3.05) is 26.8 Å². The lowest BCUT2D eigenvalue weighted by atomic mass is 10.1. The number of carbonyl (C=O) groups is 1. The van der Waals surface area contributed by atoms with Crippen molar-refractivity contribution in [1.82, 2.24) is 4.90 Å². The molecule has 1 fully saturated rings. The molecule has 0 bridgehead atoms. The van der Waals surface area contributed by atoms with Crippen LogP contribution in [0.4, 0.5) is 0 Å². The molecule has 0 radical (unpaired) electrons. The van der Waals surface area contributed by atoms with Crippen molar-refractivity contribution in [2.24, 2.45) is 0 Å². The van der Waals surface area contributed by atoms with Crippen molar-refractivity contribution in [3.63, 3.8) is 0 Å². The third-order valence-electron chi connectivity index (χ3n) is 3.76. The van der Waals surface area contributed by atoms with Crippen LogP contribution < -0.4 is 4.74 Å². The zero-order valence-electron chi connectivity index (χ0n) is 12.8. The Kier molecular flexibility index (Phi) is 5.20. The highest BCUT2D eigenvalue weighted by Gasteiger charge is 2.27. The molecule has 5 heteroatoms. The highest BCUT2D eigenvalue weighted by Crippen LogP contribution is 2.21. The summed E-state index contributed by atoms with van der Waals surface area (Å²) in [5.41, 5.74) is 1.99. The summed E-state index contributed by atoms with van der Waals surface area (Å²) >= 11 is 0. The Morgan fingerprint density at radius 1 is 1.57 bits per heavy atom. The van der Waals surface area contributed by atoms with Crippen LogP contribution in [0.15, 0.2) is 18.2 Å². The van der Waals surface area contributed by atoms with Crippen molar-refractivity contribution < 1.29 is 19.4 Å². The Morgan fingerprint density at radius 3 is 3.00 bits per heavy atom. The number of aliphatic hydroxyl groups is 1. The molecule has 1 N–H and O–H groups in total. The first-order valence-electron chi connectivity index (χ1n) is 7.22. The van der Waals surface area contributed by atoms with Crippen LogP contribution in [0, 0.1) is 6.92 Å². The zero-order chi connectivity index (χ0) is 15.4. The standard InChI is InChI=1S/C16H23NO4/c1-11-4-5-14(20-3)13(8-11)9-16(19)17-6-7-21-15(10-17)12(2)18/h4-5,8,12,15,18H,6-7,9-10H2,1-3H3. The van der Waals surface area contributed by atoms with E-state index >= 15 is 0 Å². The summed E-state index contributed by atoms with van der Waals surface area (Å²) in [7, 11) is 1.61. The molecular weight excluding hydrogens is 270 g/mol. The lowest BCUT2D eigenvalue weighted by molar-refractivity contribution is -0.142. The van der Waals surface area contributed by atoms with Crippen LogP contribution in [-0.2, 0) is 16.0 Å². The molecule has 2 atom stereocenters. The number of benzene rings is 1. The van der Waals surface area contributed by atoms with Gasteiger partial charge in [-0.05, 0) is 19.9 Å². The number of ether oxygens (including phenoxy) is 2. The third kappa shape index (κ3) is 3.95. The molecule has 1 aliphatic heterocycles. The van der Waals surface area contributed by atoms with Gasteiger partial charge in [0, 0.05) is 18.7 Å². The minimum Gasteiger partial charge on any atom is -0.496 e. The second kappa shape index (κ2) is 6.91. The van der Waals surface area contributed by atoms with Crippen molar-refractivity contribution >= 4 is 5.91 Å². The van der Waals surface area contributed by atoms with E-state index in [0.29, 0.717) is 26.1 Å². The molecule has 2 unspecified atom stereocenters. The highest BCUT2D eigenvalue weighted by atomic mass is 16.5. The van der Waals surface area contributed by atoms with Crippen molar-refractivity contribution in [3.8, 4) is 5.75 Å². The summed E-state index contributed by atoms with van der Waals surface area (Å²) < 4.78 is 10.8. The van der Waals surface area contributed by atoms with E-state index in [-0.39, 0.29) is 12.0 Å². The van der Waals surface area contributed by atoms with Gasteiger partial charge >= 0.3 is 0 Å². The molecule has 2 rings (SSSR count). The quantitative estimate of drug-likeness (QED) is 0.905. The van der Waals surface area contributed by atoms with E-state index < -0.39 is 6.10 Å². The predicted octanol–water partition coefficient (Wildman–Crippen LogP) is 1.15. The normalized spacial score (nSPS) is 20.2.